The van der Waals surface area contributed by atoms with Crippen molar-refractivity contribution < 1.29 is 18.3 Å². The Bertz CT molecular complexity index is 1400. The second-order valence-electron chi connectivity index (χ2n) is 7.36. The molecule has 0 amide bonds. The fourth-order valence-corrected chi connectivity index (χ4v) is 5.66. The van der Waals surface area contributed by atoms with E-state index in [0.29, 0.717) is 12.1 Å². The number of aliphatic carboxylic acids is 1. The second kappa shape index (κ2) is 9.43. The first-order valence-electron chi connectivity index (χ1n) is 9.93. The molecule has 0 aliphatic heterocycles. The molecule has 1 N–H and O–H groups in total. The minimum Gasteiger partial charge on any atom is -0.480 e. The number of carbonyl (C=O) groups is 1. The summed E-state index contributed by atoms with van der Waals surface area (Å²) in [6, 6.07) is 18.7. The van der Waals surface area contributed by atoms with E-state index in [2.05, 4.69) is 4.98 Å². The van der Waals surface area contributed by atoms with Crippen molar-refractivity contribution in [1.29, 1.82) is 0 Å². The van der Waals surface area contributed by atoms with Crippen molar-refractivity contribution >= 4 is 55.9 Å². The summed E-state index contributed by atoms with van der Waals surface area (Å²) in [6.45, 7) is -0.0787. The van der Waals surface area contributed by atoms with Gasteiger partial charge in [-0.1, -0.05) is 53.5 Å². The third kappa shape index (κ3) is 5.13. The molecule has 0 aliphatic carbocycles. The molecule has 0 radical (unpaired) electrons. The number of halogens is 2. The summed E-state index contributed by atoms with van der Waals surface area (Å²) < 4.78 is 29.4. The summed E-state index contributed by atoms with van der Waals surface area (Å²) in [7, 11) is -4.25. The highest BCUT2D eigenvalue weighted by atomic mass is 35.5. The Balaban J connectivity index is 1.68. The van der Waals surface area contributed by atoms with Crippen LogP contribution in [0.2, 0.25) is 10.0 Å². The molecule has 0 fully saturated rings. The lowest BCUT2D eigenvalue weighted by Gasteiger charge is -2.23. The first kappa shape index (κ1) is 23.1. The van der Waals surface area contributed by atoms with E-state index in [0.717, 1.165) is 16.2 Å². The maximum absolute atomic E-state index is 13.3. The van der Waals surface area contributed by atoms with Crippen molar-refractivity contribution in [2.24, 2.45) is 0 Å². The van der Waals surface area contributed by atoms with Crippen molar-refractivity contribution in [3.63, 3.8) is 0 Å². The Morgan fingerprint density at radius 3 is 2.36 bits per heavy atom. The number of hydrogen-bond donors (Lipinski definition) is 1. The molecule has 170 valence electrons. The smallest absolute Gasteiger partial charge is 0.324 e. The van der Waals surface area contributed by atoms with Gasteiger partial charge in [0.05, 0.1) is 27.9 Å². The van der Waals surface area contributed by atoms with Gasteiger partial charge in [0.25, 0.3) is 10.0 Å². The van der Waals surface area contributed by atoms with Crippen LogP contribution in [0.1, 0.15) is 5.56 Å². The van der Waals surface area contributed by atoms with E-state index in [9.17, 15) is 18.3 Å². The van der Waals surface area contributed by atoms with Crippen molar-refractivity contribution in [2.45, 2.75) is 17.9 Å². The highest BCUT2D eigenvalue weighted by Gasteiger charge is 2.28. The van der Waals surface area contributed by atoms with Gasteiger partial charge >= 0.3 is 5.97 Å². The Morgan fingerprint density at radius 1 is 1.00 bits per heavy atom. The average Bonchev–Trinajstić information content (AvgIpc) is 3.18. The van der Waals surface area contributed by atoms with Gasteiger partial charge in [-0.3, -0.25) is 9.10 Å². The Labute approximate surface area is 200 Å². The molecule has 0 saturated heterocycles. The van der Waals surface area contributed by atoms with Crippen LogP contribution in [-0.4, -0.2) is 35.6 Å². The van der Waals surface area contributed by atoms with Gasteiger partial charge in [0.15, 0.2) is 0 Å². The number of aromatic nitrogens is 2. The number of imidazole rings is 1. The average molecular weight is 504 g/mol. The standard InChI is InChI=1S/C23H19Cl2N3O4S/c24-17-10-18(25)12-20(11-17)33(31,32)28(14-23(29)30)19-6-7-22-21(13-19)26-15-27(22)9-8-16-4-2-1-3-5-16/h1-7,10-13,15H,8-9,14H2,(H,29,30). The predicted molar refractivity (Wildman–Crippen MR) is 129 cm³/mol. The molecule has 10 heteroatoms. The van der Waals surface area contributed by atoms with E-state index in [1.165, 1.54) is 23.8 Å². The van der Waals surface area contributed by atoms with E-state index in [1.807, 2.05) is 34.9 Å². The van der Waals surface area contributed by atoms with Gasteiger partial charge in [0, 0.05) is 16.6 Å². The van der Waals surface area contributed by atoms with Gasteiger partial charge < -0.3 is 9.67 Å². The number of nitrogens with zero attached hydrogens (tertiary/aromatic N) is 3. The monoisotopic (exact) mass is 503 g/mol. The minimum atomic E-state index is -4.25. The molecule has 0 atom stereocenters. The van der Waals surface area contributed by atoms with Crippen LogP contribution in [-0.2, 0) is 27.8 Å². The molecule has 0 spiro atoms. The van der Waals surface area contributed by atoms with E-state index in [-0.39, 0.29) is 20.6 Å². The summed E-state index contributed by atoms with van der Waals surface area (Å²) in [5.74, 6) is -1.31. The molecule has 7 nitrogen and oxygen atoms in total. The van der Waals surface area contributed by atoms with Crippen LogP contribution in [0.25, 0.3) is 11.0 Å². The summed E-state index contributed by atoms with van der Waals surface area (Å²) in [5.41, 5.74) is 2.73. The number of aryl methyl sites for hydroxylation is 2. The van der Waals surface area contributed by atoms with Crippen molar-refractivity contribution in [1.82, 2.24) is 9.55 Å². The van der Waals surface area contributed by atoms with Gasteiger partial charge in [0.2, 0.25) is 0 Å². The molecule has 0 bridgehead atoms. The van der Waals surface area contributed by atoms with Gasteiger partial charge in [-0.05, 0) is 48.4 Å². The largest absolute Gasteiger partial charge is 0.480 e. The lowest BCUT2D eigenvalue weighted by molar-refractivity contribution is -0.135. The summed E-state index contributed by atoms with van der Waals surface area (Å²) in [4.78, 5) is 15.7. The second-order valence-corrected chi connectivity index (χ2v) is 10.1. The van der Waals surface area contributed by atoms with Gasteiger partial charge in [-0.15, -0.1) is 0 Å². The first-order valence-corrected chi connectivity index (χ1v) is 12.1. The number of sulfonamides is 1. The van der Waals surface area contributed by atoms with Crippen molar-refractivity contribution in [2.75, 3.05) is 10.8 Å². The van der Waals surface area contributed by atoms with Gasteiger partial charge in [0.1, 0.15) is 6.54 Å². The number of hydrogen-bond acceptors (Lipinski definition) is 4. The van der Waals surface area contributed by atoms with Gasteiger partial charge in [-0.25, -0.2) is 13.4 Å². The van der Waals surface area contributed by atoms with E-state index < -0.39 is 22.5 Å². The Kier molecular flexibility index (Phi) is 6.60. The van der Waals surface area contributed by atoms with E-state index >= 15 is 0 Å². The molecule has 0 saturated carbocycles. The zero-order valence-corrected chi connectivity index (χ0v) is 19.6. The Hall–Kier alpha value is -3.07. The van der Waals surface area contributed by atoms with E-state index in [4.69, 9.17) is 23.2 Å². The normalized spacial score (nSPS) is 11.6. The number of anilines is 1. The van der Waals surface area contributed by atoms with Crippen LogP contribution in [0, 0.1) is 0 Å². The molecule has 33 heavy (non-hydrogen) atoms. The molecular weight excluding hydrogens is 485 g/mol. The predicted octanol–water partition coefficient (Wildman–Crippen LogP) is 4.87. The van der Waals surface area contributed by atoms with Crippen molar-refractivity contribution in [3.8, 4) is 0 Å². The number of benzene rings is 3. The molecule has 1 aromatic heterocycles. The zero-order chi connectivity index (χ0) is 23.6. The summed E-state index contributed by atoms with van der Waals surface area (Å²) >= 11 is 11.9. The topological polar surface area (TPSA) is 92.5 Å². The lowest BCUT2D eigenvalue weighted by atomic mass is 10.1. The highest BCUT2D eigenvalue weighted by Crippen LogP contribution is 2.30. The highest BCUT2D eigenvalue weighted by molar-refractivity contribution is 7.92. The third-order valence-corrected chi connectivity index (χ3v) is 7.27. The Morgan fingerprint density at radius 2 is 1.70 bits per heavy atom. The molecule has 1 heterocycles. The fraction of sp³-hybridized carbons (Fsp3) is 0.130. The number of rotatable bonds is 8. The van der Waals surface area contributed by atoms with Crippen LogP contribution in [0.15, 0.2) is 78.0 Å². The summed E-state index contributed by atoms with van der Waals surface area (Å²) in [6.07, 6.45) is 2.49. The van der Waals surface area contributed by atoms with Gasteiger partial charge in [-0.2, -0.15) is 0 Å². The zero-order valence-electron chi connectivity index (χ0n) is 17.2. The van der Waals surface area contributed by atoms with Crippen LogP contribution in [0.5, 0.6) is 0 Å². The SMILES string of the molecule is O=C(O)CN(c1ccc2c(c1)ncn2CCc1ccccc1)S(=O)(=O)c1cc(Cl)cc(Cl)c1. The molecule has 0 unspecified atom stereocenters. The van der Waals surface area contributed by atoms with Crippen molar-refractivity contribution in [3.05, 3.63) is 88.7 Å². The van der Waals surface area contributed by atoms with Crippen LogP contribution in [0.4, 0.5) is 5.69 Å². The molecule has 0 aliphatic rings. The third-order valence-electron chi connectivity index (χ3n) is 5.08. The molecule has 3 aromatic carbocycles. The van der Waals surface area contributed by atoms with Crippen LogP contribution < -0.4 is 4.31 Å². The molecular formula is C23H19Cl2N3O4S. The maximum atomic E-state index is 13.3. The number of fused-ring (bicyclic) bond motifs is 1. The quantitative estimate of drug-likeness (QED) is 0.370. The maximum Gasteiger partial charge on any atom is 0.324 e. The first-order chi connectivity index (χ1) is 15.7. The summed E-state index contributed by atoms with van der Waals surface area (Å²) in [5, 5.41) is 9.64. The minimum absolute atomic E-state index is 0.129. The number of carboxylic acid groups (broad SMARTS) is 1. The molecule has 4 aromatic rings. The fourth-order valence-electron chi connectivity index (χ4n) is 3.52. The molecule has 4 rings (SSSR count). The van der Waals surface area contributed by atoms with Crippen LogP contribution >= 0.6 is 23.2 Å². The number of carboxylic acids is 1. The van der Waals surface area contributed by atoms with E-state index in [1.54, 1.807) is 24.5 Å². The lowest BCUT2D eigenvalue weighted by Crippen LogP contribution is -2.35. The van der Waals surface area contributed by atoms with Crippen LogP contribution in [0.3, 0.4) is 0 Å².